The van der Waals surface area contributed by atoms with Gasteiger partial charge in [-0.1, -0.05) is 67.1 Å². The van der Waals surface area contributed by atoms with Gasteiger partial charge in [-0.15, -0.1) is 0 Å². The van der Waals surface area contributed by atoms with Crippen molar-refractivity contribution in [2.45, 2.75) is 45.4 Å². The Labute approximate surface area is 145 Å². The van der Waals surface area contributed by atoms with Crippen LogP contribution in [0.2, 0.25) is 0 Å². The Morgan fingerprint density at radius 1 is 0.750 bits per heavy atom. The van der Waals surface area contributed by atoms with Gasteiger partial charge in [-0.3, -0.25) is 0 Å². The van der Waals surface area contributed by atoms with Gasteiger partial charge in [0.05, 0.1) is 5.69 Å². The minimum absolute atomic E-state index is 0.914. The third kappa shape index (κ3) is 4.82. The van der Waals surface area contributed by atoms with Crippen molar-refractivity contribution in [2.24, 2.45) is 0 Å². The fourth-order valence-corrected chi connectivity index (χ4v) is 3.09. The smallest absolute Gasteiger partial charge is 0.106 e. The molecule has 24 heavy (non-hydrogen) atoms. The Hall–Kier alpha value is -2.35. The van der Waals surface area contributed by atoms with Crippen molar-refractivity contribution in [2.75, 3.05) is 0 Å². The van der Waals surface area contributed by atoms with Crippen molar-refractivity contribution < 1.29 is 0 Å². The summed E-state index contributed by atoms with van der Waals surface area (Å²) in [6, 6.07) is 21.3. The normalized spacial score (nSPS) is 10.9. The van der Waals surface area contributed by atoms with E-state index >= 15 is 0 Å². The number of aromatic nitrogens is 2. The molecule has 1 aromatic heterocycles. The van der Waals surface area contributed by atoms with Crippen LogP contribution in [0, 0.1) is 6.92 Å². The highest BCUT2D eigenvalue weighted by Crippen LogP contribution is 2.14. The molecule has 0 atom stereocenters. The van der Waals surface area contributed by atoms with E-state index in [1.165, 1.54) is 48.2 Å². The van der Waals surface area contributed by atoms with Crippen molar-refractivity contribution in [3.8, 4) is 0 Å². The number of aromatic amines is 1. The maximum Gasteiger partial charge on any atom is 0.106 e. The van der Waals surface area contributed by atoms with Gasteiger partial charge >= 0.3 is 0 Å². The van der Waals surface area contributed by atoms with Crippen molar-refractivity contribution in [3.05, 3.63) is 89.0 Å². The largest absolute Gasteiger partial charge is 0.346 e. The summed E-state index contributed by atoms with van der Waals surface area (Å²) in [7, 11) is 0. The molecule has 3 aromatic rings. The number of imidazole rings is 1. The second-order valence-electron chi connectivity index (χ2n) is 6.46. The summed E-state index contributed by atoms with van der Waals surface area (Å²) in [6.45, 7) is 2.13. The molecule has 0 saturated carbocycles. The van der Waals surface area contributed by atoms with Crippen LogP contribution in [0.1, 0.15) is 47.6 Å². The summed E-state index contributed by atoms with van der Waals surface area (Å²) in [5.74, 6) is 1.14. The Balaban J connectivity index is 1.44. The molecule has 0 aliphatic heterocycles. The minimum atomic E-state index is 0.914. The van der Waals surface area contributed by atoms with E-state index in [0.717, 1.165) is 18.7 Å². The topological polar surface area (TPSA) is 28.7 Å². The quantitative estimate of drug-likeness (QED) is 0.564. The Morgan fingerprint density at radius 2 is 1.38 bits per heavy atom. The lowest BCUT2D eigenvalue weighted by atomic mass is 10.1. The lowest BCUT2D eigenvalue weighted by Gasteiger charge is -2.01. The number of hydrogen-bond acceptors (Lipinski definition) is 1. The zero-order valence-corrected chi connectivity index (χ0v) is 14.5. The van der Waals surface area contributed by atoms with Crippen LogP contribution in [0.15, 0.2) is 60.7 Å². The van der Waals surface area contributed by atoms with Crippen LogP contribution in [0.25, 0.3) is 0 Å². The molecule has 0 unspecified atom stereocenters. The summed E-state index contributed by atoms with van der Waals surface area (Å²) in [5, 5.41) is 0. The van der Waals surface area contributed by atoms with Crippen LogP contribution in [0.4, 0.5) is 0 Å². The summed E-state index contributed by atoms with van der Waals surface area (Å²) in [6.07, 6.45) is 6.84. The molecule has 0 aliphatic rings. The minimum Gasteiger partial charge on any atom is -0.346 e. The van der Waals surface area contributed by atoms with Gasteiger partial charge in [0.2, 0.25) is 0 Å². The molecule has 0 aliphatic carbocycles. The van der Waals surface area contributed by atoms with Gasteiger partial charge in [0.1, 0.15) is 5.82 Å². The van der Waals surface area contributed by atoms with Gasteiger partial charge in [-0.05, 0) is 37.3 Å². The molecule has 124 valence electrons. The molecule has 0 saturated heterocycles. The molecule has 2 aromatic carbocycles. The highest BCUT2D eigenvalue weighted by Gasteiger charge is 2.07. The van der Waals surface area contributed by atoms with Gasteiger partial charge in [-0.25, -0.2) is 4.98 Å². The number of nitrogens with one attached hydrogen (secondary N) is 1. The molecular formula is C22H26N2. The maximum absolute atomic E-state index is 4.81. The third-order valence-corrected chi connectivity index (χ3v) is 4.47. The molecule has 1 N–H and O–H groups in total. The van der Waals surface area contributed by atoms with Gasteiger partial charge in [0.25, 0.3) is 0 Å². The lowest BCUT2D eigenvalue weighted by molar-refractivity contribution is 0.664. The molecule has 3 rings (SSSR count). The number of aryl methyl sites for hydroxylation is 3. The van der Waals surface area contributed by atoms with E-state index in [-0.39, 0.29) is 0 Å². The molecular weight excluding hydrogens is 292 g/mol. The van der Waals surface area contributed by atoms with Crippen LogP contribution >= 0.6 is 0 Å². The van der Waals surface area contributed by atoms with E-state index in [1.807, 2.05) is 0 Å². The van der Waals surface area contributed by atoms with E-state index in [9.17, 15) is 0 Å². The van der Waals surface area contributed by atoms with Gasteiger partial charge < -0.3 is 4.98 Å². The predicted octanol–water partition coefficient (Wildman–Crippen LogP) is 5.26. The van der Waals surface area contributed by atoms with Gasteiger partial charge in [0.15, 0.2) is 0 Å². The average molecular weight is 318 g/mol. The molecule has 0 fully saturated rings. The highest BCUT2D eigenvalue weighted by atomic mass is 14.9. The van der Waals surface area contributed by atoms with Crippen molar-refractivity contribution in [3.63, 3.8) is 0 Å². The number of unbranched alkanes of at least 4 members (excludes halogenated alkanes) is 2. The van der Waals surface area contributed by atoms with Crippen molar-refractivity contribution in [1.82, 2.24) is 9.97 Å². The monoisotopic (exact) mass is 318 g/mol. The average Bonchev–Trinajstić information content (AvgIpc) is 2.96. The standard InChI is InChI=1S/C22H26N2/c1-18-21(17-20-14-8-3-9-15-20)24-22(23-18)16-10-4-7-13-19-11-5-2-6-12-19/h2-3,5-6,8-9,11-12,14-15H,4,7,10,13,16-17H2,1H3,(H,23,24). The molecule has 2 heteroatoms. The number of hydrogen-bond donors (Lipinski definition) is 1. The Kier molecular flexibility index (Phi) is 5.84. The molecule has 1 heterocycles. The third-order valence-electron chi connectivity index (χ3n) is 4.47. The zero-order valence-electron chi connectivity index (χ0n) is 14.5. The summed E-state index contributed by atoms with van der Waals surface area (Å²) in [5.41, 5.74) is 5.15. The number of nitrogens with zero attached hydrogens (tertiary/aromatic N) is 1. The second-order valence-corrected chi connectivity index (χ2v) is 6.46. The van der Waals surface area contributed by atoms with E-state index in [2.05, 4.69) is 72.6 Å². The first-order valence-electron chi connectivity index (χ1n) is 8.93. The van der Waals surface area contributed by atoms with E-state index in [0.29, 0.717) is 0 Å². The van der Waals surface area contributed by atoms with Crippen molar-refractivity contribution >= 4 is 0 Å². The van der Waals surface area contributed by atoms with E-state index in [1.54, 1.807) is 0 Å². The van der Waals surface area contributed by atoms with Crippen LogP contribution < -0.4 is 0 Å². The summed E-state index contributed by atoms with van der Waals surface area (Å²) >= 11 is 0. The first-order valence-corrected chi connectivity index (χ1v) is 8.93. The van der Waals surface area contributed by atoms with Crippen LogP contribution in [-0.4, -0.2) is 9.97 Å². The molecule has 0 bridgehead atoms. The fraction of sp³-hybridized carbons (Fsp3) is 0.318. The molecule has 0 spiro atoms. The zero-order chi connectivity index (χ0) is 16.6. The fourth-order valence-electron chi connectivity index (χ4n) is 3.09. The Morgan fingerprint density at radius 3 is 2.08 bits per heavy atom. The van der Waals surface area contributed by atoms with Crippen LogP contribution in [0.5, 0.6) is 0 Å². The number of rotatable bonds is 8. The lowest BCUT2D eigenvalue weighted by Crippen LogP contribution is -1.92. The molecule has 0 amide bonds. The van der Waals surface area contributed by atoms with E-state index in [4.69, 9.17) is 4.98 Å². The van der Waals surface area contributed by atoms with Crippen LogP contribution in [-0.2, 0) is 19.3 Å². The van der Waals surface area contributed by atoms with Gasteiger partial charge in [0, 0.05) is 18.5 Å². The van der Waals surface area contributed by atoms with Gasteiger partial charge in [-0.2, -0.15) is 0 Å². The molecule has 2 nitrogen and oxygen atoms in total. The number of H-pyrrole nitrogens is 1. The summed E-state index contributed by atoms with van der Waals surface area (Å²) in [4.78, 5) is 8.27. The first kappa shape index (κ1) is 16.5. The molecule has 0 radical (unpaired) electrons. The predicted molar refractivity (Wildman–Crippen MR) is 100 cm³/mol. The second kappa shape index (κ2) is 8.49. The highest BCUT2D eigenvalue weighted by molar-refractivity contribution is 5.24. The van der Waals surface area contributed by atoms with Crippen molar-refractivity contribution in [1.29, 1.82) is 0 Å². The maximum atomic E-state index is 4.81. The number of benzene rings is 2. The first-order chi connectivity index (χ1) is 11.8. The van der Waals surface area contributed by atoms with E-state index < -0.39 is 0 Å². The summed E-state index contributed by atoms with van der Waals surface area (Å²) < 4.78 is 0. The Bertz CT molecular complexity index is 729. The SMILES string of the molecule is Cc1[nH]c(CCCCCc2ccccc2)nc1Cc1ccccc1. The van der Waals surface area contributed by atoms with Crippen LogP contribution in [0.3, 0.4) is 0 Å².